The highest BCUT2D eigenvalue weighted by Gasteiger charge is 2.41. The van der Waals surface area contributed by atoms with Crippen LogP contribution in [0.1, 0.15) is 59.3 Å². The maximum atomic E-state index is 5.62. The second-order valence-electron chi connectivity index (χ2n) is 13.3. The van der Waals surface area contributed by atoms with Gasteiger partial charge < -0.3 is 0 Å². The van der Waals surface area contributed by atoms with Crippen molar-refractivity contribution < 1.29 is 0 Å². The largest absolute Gasteiger partial charge is 0.277 e. The first-order valence-electron chi connectivity index (χ1n) is 16.0. The van der Waals surface area contributed by atoms with Gasteiger partial charge in [0.05, 0.1) is 22.4 Å². The lowest BCUT2D eigenvalue weighted by Gasteiger charge is -2.24. The van der Waals surface area contributed by atoms with Gasteiger partial charge in [-0.05, 0) is 69.6 Å². The second kappa shape index (κ2) is 8.89. The predicted molar refractivity (Wildman–Crippen MR) is 187 cm³/mol. The first-order valence-corrected chi connectivity index (χ1v) is 16.0. The molecule has 2 heterocycles. The smallest absolute Gasteiger partial charge is 0.235 e. The average molecular weight is 578 g/mol. The Balaban J connectivity index is 1.35. The molecule has 0 atom stereocenters. The van der Waals surface area contributed by atoms with Gasteiger partial charge in [0.2, 0.25) is 5.95 Å². The first kappa shape index (κ1) is 25.1. The highest BCUT2D eigenvalue weighted by molar-refractivity contribution is 6.15. The van der Waals surface area contributed by atoms with Crippen molar-refractivity contribution in [2.75, 3.05) is 0 Å². The molecule has 3 aliphatic rings. The molecule has 0 amide bonds. The molecule has 3 aliphatic carbocycles. The molecule has 0 saturated heterocycles. The molecule has 3 heteroatoms. The van der Waals surface area contributed by atoms with E-state index >= 15 is 0 Å². The van der Waals surface area contributed by atoms with Crippen molar-refractivity contribution in [2.24, 2.45) is 0 Å². The van der Waals surface area contributed by atoms with E-state index in [9.17, 15) is 0 Å². The van der Waals surface area contributed by atoms with Crippen molar-refractivity contribution in [3.8, 4) is 17.2 Å². The highest BCUT2D eigenvalue weighted by atomic mass is 15.2. The lowest BCUT2D eigenvalue weighted by atomic mass is 9.80. The molecule has 2 aromatic heterocycles. The number of rotatable bonds is 2. The van der Waals surface area contributed by atoms with Crippen LogP contribution in [-0.2, 0) is 18.3 Å². The van der Waals surface area contributed by atoms with Crippen molar-refractivity contribution in [2.45, 2.75) is 38.5 Å². The minimum Gasteiger partial charge on any atom is -0.277 e. The van der Waals surface area contributed by atoms with Crippen LogP contribution in [0.5, 0.6) is 0 Å². The highest BCUT2D eigenvalue weighted by Crippen LogP contribution is 2.51. The number of hydrogen-bond donors (Lipinski definition) is 0. The number of fused-ring (bicyclic) bond motifs is 10. The van der Waals surface area contributed by atoms with Gasteiger partial charge in [-0.15, -0.1) is 0 Å². The van der Waals surface area contributed by atoms with E-state index in [2.05, 4.69) is 134 Å². The summed E-state index contributed by atoms with van der Waals surface area (Å²) in [6.45, 7) is 4.67. The number of aryl methyl sites for hydroxylation is 1. The molecular formula is C42H31N3. The van der Waals surface area contributed by atoms with Crippen LogP contribution in [0.3, 0.4) is 0 Å². The summed E-state index contributed by atoms with van der Waals surface area (Å²) in [5.74, 6) is 0.746. The Labute approximate surface area is 262 Å². The van der Waals surface area contributed by atoms with E-state index in [1.165, 1.54) is 71.6 Å². The fourth-order valence-electron chi connectivity index (χ4n) is 8.28. The summed E-state index contributed by atoms with van der Waals surface area (Å²) in [5, 5.41) is 4.96. The third-order valence-corrected chi connectivity index (χ3v) is 10.4. The monoisotopic (exact) mass is 577 g/mol. The van der Waals surface area contributed by atoms with Crippen molar-refractivity contribution in [1.29, 1.82) is 0 Å². The molecule has 45 heavy (non-hydrogen) atoms. The molecule has 5 aromatic carbocycles. The van der Waals surface area contributed by atoms with E-state index in [4.69, 9.17) is 9.97 Å². The summed E-state index contributed by atoms with van der Waals surface area (Å²) in [6, 6.07) is 35.6. The Morgan fingerprint density at radius 2 is 1.51 bits per heavy atom. The van der Waals surface area contributed by atoms with Crippen LogP contribution in [0, 0.1) is 0 Å². The molecule has 0 N–H and O–H groups in total. The lowest BCUT2D eigenvalue weighted by Crippen LogP contribution is -2.19. The van der Waals surface area contributed by atoms with E-state index in [1.54, 1.807) is 0 Å². The Hall–Kier alpha value is -5.28. The fraction of sp³-hybridized carbons (Fsp3) is 0.143. The normalized spacial score (nSPS) is 15.7. The molecule has 10 rings (SSSR count). The van der Waals surface area contributed by atoms with Gasteiger partial charge in [0.25, 0.3) is 0 Å². The summed E-state index contributed by atoms with van der Waals surface area (Å²) in [6.07, 6.45) is 9.98. The zero-order chi connectivity index (χ0) is 29.9. The molecule has 3 nitrogen and oxygen atoms in total. The van der Waals surface area contributed by atoms with Crippen molar-refractivity contribution in [3.05, 3.63) is 142 Å². The summed E-state index contributed by atoms with van der Waals surface area (Å²) in [5.41, 5.74) is 14.6. The van der Waals surface area contributed by atoms with Gasteiger partial charge in [0, 0.05) is 39.3 Å². The number of allylic oxidation sites excluding steroid dienone is 2. The van der Waals surface area contributed by atoms with Crippen LogP contribution in [-0.4, -0.2) is 14.5 Å². The number of benzene rings is 5. The molecule has 0 saturated carbocycles. The minimum atomic E-state index is -0.214. The predicted octanol–water partition coefficient (Wildman–Crippen LogP) is 10.1. The maximum Gasteiger partial charge on any atom is 0.235 e. The minimum absolute atomic E-state index is 0.214. The number of hydrogen-bond acceptors (Lipinski definition) is 2. The Kier molecular flexibility index (Phi) is 4.96. The SMILES string of the molecule is CC1(C)c2ccccc2-c2nc(-n3c4cc5ccccc5cc4c4ccc5c(c43)C=CCC5)nc(C3=Cc4ccccc4C3)c21. The summed E-state index contributed by atoms with van der Waals surface area (Å²) in [4.78, 5) is 11.2. The topological polar surface area (TPSA) is 30.7 Å². The van der Waals surface area contributed by atoms with Crippen LogP contribution >= 0.6 is 0 Å². The van der Waals surface area contributed by atoms with Crippen LogP contribution in [0.2, 0.25) is 0 Å². The molecule has 7 aromatic rings. The molecule has 0 fully saturated rings. The van der Waals surface area contributed by atoms with Gasteiger partial charge in [-0.2, -0.15) is 0 Å². The third-order valence-electron chi connectivity index (χ3n) is 10.4. The standard InChI is InChI=1S/C42H31N3/c1-42(2)35-18-10-9-17-33(35)39-37(42)38(30-21-26-12-3-4-13-27(26)22-30)43-41(44-39)45-36-24-29-15-6-5-14-28(29)23-34(36)32-20-19-25-11-7-8-16-31(25)40(32)45/h3-6,8-10,12-21,23-24H,7,11,22H2,1-2H3. The molecular weight excluding hydrogens is 546 g/mol. The summed E-state index contributed by atoms with van der Waals surface area (Å²) < 4.78 is 2.37. The van der Waals surface area contributed by atoms with E-state index in [0.29, 0.717) is 0 Å². The van der Waals surface area contributed by atoms with E-state index < -0.39 is 0 Å². The first-order chi connectivity index (χ1) is 22.1. The van der Waals surface area contributed by atoms with Gasteiger partial charge in [0.1, 0.15) is 0 Å². The molecule has 214 valence electrons. The third kappa shape index (κ3) is 3.41. The molecule has 0 aliphatic heterocycles. The number of aromatic nitrogens is 3. The molecule has 0 radical (unpaired) electrons. The Morgan fingerprint density at radius 3 is 2.40 bits per heavy atom. The van der Waals surface area contributed by atoms with Crippen LogP contribution in [0.4, 0.5) is 0 Å². The van der Waals surface area contributed by atoms with E-state index in [0.717, 1.165) is 42.1 Å². The quantitative estimate of drug-likeness (QED) is 0.205. The van der Waals surface area contributed by atoms with Crippen LogP contribution in [0.15, 0.2) is 103 Å². The lowest BCUT2D eigenvalue weighted by molar-refractivity contribution is 0.651. The van der Waals surface area contributed by atoms with Gasteiger partial charge in [-0.3, -0.25) is 4.57 Å². The van der Waals surface area contributed by atoms with Crippen LogP contribution < -0.4 is 0 Å². The van der Waals surface area contributed by atoms with E-state index in [1.807, 2.05) is 0 Å². The zero-order valence-electron chi connectivity index (χ0n) is 25.4. The van der Waals surface area contributed by atoms with Gasteiger partial charge in [-0.1, -0.05) is 111 Å². The Morgan fingerprint density at radius 1 is 0.733 bits per heavy atom. The number of nitrogens with zero attached hydrogens (tertiary/aromatic N) is 3. The summed E-state index contributed by atoms with van der Waals surface area (Å²) in [7, 11) is 0. The molecule has 0 unspecified atom stereocenters. The molecule has 0 bridgehead atoms. The van der Waals surface area contributed by atoms with E-state index in [-0.39, 0.29) is 5.41 Å². The zero-order valence-corrected chi connectivity index (χ0v) is 25.4. The summed E-state index contributed by atoms with van der Waals surface area (Å²) >= 11 is 0. The van der Waals surface area contributed by atoms with Crippen molar-refractivity contribution in [1.82, 2.24) is 14.5 Å². The Bertz CT molecular complexity index is 2490. The second-order valence-corrected chi connectivity index (χ2v) is 13.3. The van der Waals surface area contributed by atoms with Crippen molar-refractivity contribution in [3.63, 3.8) is 0 Å². The maximum absolute atomic E-state index is 5.62. The van der Waals surface area contributed by atoms with Gasteiger partial charge >= 0.3 is 0 Å². The van der Waals surface area contributed by atoms with Crippen molar-refractivity contribution >= 4 is 50.3 Å². The average Bonchev–Trinajstić information content (AvgIpc) is 3.72. The van der Waals surface area contributed by atoms with Gasteiger partial charge in [0.15, 0.2) is 0 Å². The molecule has 0 spiro atoms. The van der Waals surface area contributed by atoms with Crippen LogP contribution in [0.25, 0.3) is 67.5 Å². The fourth-order valence-corrected chi connectivity index (χ4v) is 8.28. The van der Waals surface area contributed by atoms with Gasteiger partial charge in [-0.25, -0.2) is 9.97 Å².